The highest BCUT2D eigenvalue weighted by molar-refractivity contribution is 7.99. The Morgan fingerprint density at radius 1 is 1.35 bits per heavy atom. The van der Waals surface area contributed by atoms with E-state index in [-0.39, 0.29) is 5.54 Å². The van der Waals surface area contributed by atoms with Gasteiger partial charge in [-0.15, -0.1) is 0 Å². The number of hydrogen-bond donors (Lipinski definition) is 1. The lowest BCUT2D eigenvalue weighted by molar-refractivity contribution is 0.422. The van der Waals surface area contributed by atoms with Crippen LogP contribution in [0.1, 0.15) is 32.0 Å². The number of halogens is 1. The van der Waals surface area contributed by atoms with E-state index >= 15 is 0 Å². The lowest BCUT2D eigenvalue weighted by atomic mass is 10.1. The minimum absolute atomic E-state index is 0.0705. The SMILES string of the molecule is Cc1coc(Sc2cc(Cl)ccc2CNC(C)(C)C)n1. The van der Waals surface area contributed by atoms with Gasteiger partial charge < -0.3 is 9.73 Å². The van der Waals surface area contributed by atoms with Crippen LogP contribution in [0.2, 0.25) is 5.02 Å². The van der Waals surface area contributed by atoms with Crippen molar-refractivity contribution in [3.63, 3.8) is 0 Å². The summed E-state index contributed by atoms with van der Waals surface area (Å²) in [5, 5.41) is 4.84. The van der Waals surface area contributed by atoms with Crippen molar-refractivity contribution in [3.8, 4) is 0 Å². The molecule has 2 aromatic rings. The molecule has 0 saturated heterocycles. The summed E-state index contributed by atoms with van der Waals surface area (Å²) in [5.74, 6) is 0. The molecule has 108 valence electrons. The van der Waals surface area contributed by atoms with Crippen molar-refractivity contribution in [2.75, 3.05) is 0 Å². The molecular weight excluding hydrogens is 292 g/mol. The molecule has 5 heteroatoms. The molecule has 2 rings (SSSR count). The molecule has 0 fully saturated rings. The van der Waals surface area contributed by atoms with E-state index in [1.54, 1.807) is 6.26 Å². The van der Waals surface area contributed by atoms with Crippen molar-refractivity contribution in [2.45, 2.75) is 49.9 Å². The summed E-state index contributed by atoms with van der Waals surface area (Å²) in [6.45, 7) is 9.13. The second kappa shape index (κ2) is 6.20. The first-order valence-corrected chi connectivity index (χ1v) is 7.66. The molecule has 1 heterocycles. The van der Waals surface area contributed by atoms with Crippen LogP contribution >= 0.6 is 23.4 Å². The Bertz CT molecular complexity index is 590. The summed E-state index contributed by atoms with van der Waals surface area (Å²) in [4.78, 5) is 5.38. The van der Waals surface area contributed by atoms with Crippen molar-refractivity contribution in [2.24, 2.45) is 0 Å². The van der Waals surface area contributed by atoms with Crippen molar-refractivity contribution in [1.82, 2.24) is 10.3 Å². The Hall–Kier alpha value is -0.970. The van der Waals surface area contributed by atoms with E-state index in [0.29, 0.717) is 5.22 Å². The van der Waals surface area contributed by atoms with Crippen LogP contribution in [-0.2, 0) is 6.54 Å². The summed E-state index contributed by atoms with van der Waals surface area (Å²) in [6, 6.07) is 5.90. The second-order valence-corrected chi connectivity index (χ2v) is 7.14. The molecule has 3 nitrogen and oxygen atoms in total. The first kappa shape index (κ1) is 15.4. The van der Waals surface area contributed by atoms with Crippen LogP contribution in [0.5, 0.6) is 0 Å². The Morgan fingerprint density at radius 3 is 2.70 bits per heavy atom. The van der Waals surface area contributed by atoms with E-state index < -0.39 is 0 Å². The first-order chi connectivity index (χ1) is 9.33. The summed E-state index contributed by atoms with van der Waals surface area (Å²) in [6.07, 6.45) is 1.65. The number of aryl methyl sites for hydroxylation is 1. The summed E-state index contributed by atoms with van der Waals surface area (Å²) in [7, 11) is 0. The van der Waals surface area contributed by atoms with Gasteiger partial charge in [0.1, 0.15) is 6.26 Å². The van der Waals surface area contributed by atoms with Crippen LogP contribution in [0, 0.1) is 6.92 Å². The Morgan fingerprint density at radius 2 is 2.10 bits per heavy atom. The first-order valence-electron chi connectivity index (χ1n) is 6.47. The highest BCUT2D eigenvalue weighted by atomic mass is 35.5. The smallest absolute Gasteiger partial charge is 0.260 e. The predicted octanol–water partition coefficient (Wildman–Crippen LogP) is 4.68. The second-order valence-electron chi connectivity index (χ2n) is 5.71. The molecule has 0 aliphatic carbocycles. The number of nitrogens with one attached hydrogen (secondary N) is 1. The molecule has 0 aliphatic heterocycles. The van der Waals surface area contributed by atoms with Gasteiger partial charge in [0.2, 0.25) is 0 Å². The van der Waals surface area contributed by atoms with Gasteiger partial charge >= 0.3 is 0 Å². The highest BCUT2D eigenvalue weighted by Gasteiger charge is 2.13. The largest absolute Gasteiger partial charge is 0.439 e. The minimum atomic E-state index is 0.0705. The fourth-order valence-corrected chi connectivity index (χ4v) is 2.77. The zero-order valence-electron chi connectivity index (χ0n) is 12.2. The molecule has 0 saturated carbocycles. The number of aromatic nitrogens is 1. The molecule has 0 bridgehead atoms. The predicted molar refractivity (Wildman–Crippen MR) is 83.4 cm³/mol. The van der Waals surface area contributed by atoms with E-state index in [2.05, 4.69) is 31.1 Å². The van der Waals surface area contributed by atoms with Crippen molar-refractivity contribution < 1.29 is 4.42 Å². The van der Waals surface area contributed by atoms with Crippen LogP contribution in [0.4, 0.5) is 0 Å². The van der Waals surface area contributed by atoms with Crippen molar-refractivity contribution in [1.29, 1.82) is 0 Å². The molecule has 0 radical (unpaired) electrons. The van der Waals surface area contributed by atoms with Gasteiger partial charge in [0.15, 0.2) is 0 Å². The van der Waals surface area contributed by atoms with E-state index in [4.69, 9.17) is 16.0 Å². The molecule has 1 aromatic heterocycles. The van der Waals surface area contributed by atoms with Gasteiger partial charge in [-0.1, -0.05) is 17.7 Å². The van der Waals surface area contributed by atoms with Crippen LogP contribution in [0.3, 0.4) is 0 Å². The third kappa shape index (κ3) is 4.54. The Labute approximate surface area is 129 Å². The van der Waals surface area contributed by atoms with Crippen molar-refractivity contribution >= 4 is 23.4 Å². The van der Waals surface area contributed by atoms with Crippen LogP contribution in [-0.4, -0.2) is 10.5 Å². The van der Waals surface area contributed by atoms with Crippen molar-refractivity contribution in [3.05, 3.63) is 40.7 Å². The molecule has 20 heavy (non-hydrogen) atoms. The molecule has 0 unspecified atom stereocenters. The average molecular weight is 311 g/mol. The third-order valence-electron chi connectivity index (χ3n) is 2.63. The summed E-state index contributed by atoms with van der Waals surface area (Å²) < 4.78 is 5.40. The van der Waals surface area contributed by atoms with Gasteiger partial charge in [0.05, 0.1) is 5.69 Å². The van der Waals surface area contributed by atoms with Crippen LogP contribution in [0.25, 0.3) is 0 Å². The molecule has 1 N–H and O–H groups in total. The number of hydrogen-bond acceptors (Lipinski definition) is 4. The standard InChI is InChI=1S/C15H19ClN2OS/c1-10-9-19-14(18-10)20-13-7-12(16)6-5-11(13)8-17-15(2,3)4/h5-7,9,17H,8H2,1-4H3. The van der Waals surface area contributed by atoms with E-state index in [9.17, 15) is 0 Å². The zero-order valence-corrected chi connectivity index (χ0v) is 13.7. The maximum atomic E-state index is 6.09. The van der Waals surface area contributed by atoms with Gasteiger partial charge in [0.25, 0.3) is 5.22 Å². The quantitative estimate of drug-likeness (QED) is 0.890. The molecule has 0 amide bonds. The molecule has 0 spiro atoms. The Kier molecular flexibility index (Phi) is 4.78. The highest BCUT2D eigenvalue weighted by Crippen LogP contribution is 2.32. The Balaban J connectivity index is 2.19. The summed E-state index contributed by atoms with van der Waals surface area (Å²) in [5.41, 5.74) is 2.13. The van der Waals surface area contributed by atoms with Gasteiger partial charge in [-0.05, 0) is 57.2 Å². The van der Waals surface area contributed by atoms with Gasteiger partial charge in [-0.3, -0.25) is 0 Å². The third-order valence-corrected chi connectivity index (χ3v) is 3.83. The van der Waals surface area contributed by atoms with E-state index in [1.165, 1.54) is 17.3 Å². The zero-order chi connectivity index (χ0) is 14.8. The van der Waals surface area contributed by atoms with Crippen LogP contribution < -0.4 is 5.32 Å². The number of nitrogens with zero attached hydrogens (tertiary/aromatic N) is 1. The number of oxazole rings is 1. The summed E-state index contributed by atoms with van der Waals surface area (Å²) >= 11 is 7.59. The van der Waals surface area contributed by atoms with Gasteiger partial charge in [-0.25, -0.2) is 4.98 Å². The minimum Gasteiger partial charge on any atom is -0.439 e. The maximum Gasteiger partial charge on any atom is 0.260 e. The molecule has 0 aliphatic rings. The molecule has 0 atom stereocenters. The van der Waals surface area contributed by atoms with Gasteiger partial charge in [0, 0.05) is 22.0 Å². The number of rotatable bonds is 4. The topological polar surface area (TPSA) is 38.1 Å². The van der Waals surface area contributed by atoms with E-state index in [0.717, 1.165) is 22.2 Å². The lowest BCUT2D eigenvalue weighted by Gasteiger charge is -2.21. The fourth-order valence-electron chi connectivity index (χ4n) is 1.60. The lowest BCUT2D eigenvalue weighted by Crippen LogP contribution is -2.35. The molecular formula is C15H19ClN2OS. The van der Waals surface area contributed by atoms with E-state index in [1.807, 2.05) is 25.1 Å². The van der Waals surface area contributed by atoms with Gasteiger partial charge in [-0.2, -0.15) is 0 Å². The average Bonchev–Trinajstić information content (AvgIpc) is 2.72. The molecule has 1 aromatic carbocycles. The maximum absolute atomic E-state index is 6.09. The fraction of sp³-hybridized carbons (Fsp3) is 0.400. The van der Waals surface area contributed by atoms with Crippen LogP contribution in [0.15, 0.2) is 39.0 Å². The number of benzene rings is 1. The monoisotopic (exact) mass is 310 g/mol. The normalized spacial score (nSPS) is 11.8.